The van der Waals surface area contributed by atoms with Crippen LogP contribution in [0.25, 0.3) is 0 Å². The number of hydrogen-bond donors (Lipinski definition) is 1. The molecule has 1 aliphatic heterocycles. The van der Waals surface area contributed by atoms with E-state index in [4.69, 9.17) is 0 Å². The molecule has 3 rings (SSSR count). The molecule has 1 N–H and O–H groups in total. The largest absolute Gasteiger partial charge is 0.480 e. The maximum Gasteiger partial charge on any atom is 0.347 e. The molecule has 1 unspecified atom stereocenters. The first-order chi connectivity index (χ1) is 10.1. The van der Waals surface area contributed by atoms with Gasteiger partial charge in [-0.3, -0.25) is 4.57 Å². The number of hydrogen-bond acceptors (Lipinski definition) is 3. The molecule has 0 saturated carbocycles. The Labute approximate surface area is 119 Å². The highest BCUT2D eigenvalue weighted by atomic mass is 19.1. The minimum atomic E-state index is -1.02. The fraction of sp³-hybridized carbons (Fsp3) is 0.357. The highest BCUT2D eigenvalue weighted by Gasteiger charge is 2.30. The molecule has 2 heterocycles. The lowest BCUT2D eigenvalue weighted by atomic mass is 10.1. The molecule has 1 atom stereocenters. The van der Waals surface area contributed by atoms with Crippen LogP contribution in [0.5, 0.6) is 0 Å². The minimum Gasteiger partial charge on any atom is -0.480 e. The Balaban J connectivity index is 1.99. The minimum absolute atomic E-state index is 0.128. The maximum atomic E-state index is 13.2. The van der Waals surface area contributed by atoms with Gasteiger partial charge in [-0.2, -0.15) is 5.10 Å². The molecule has 0 aliphatic carbocycles. The number of fused-ring (bicyclic) bond motifs is 1. The lowest BCUT2D eigenvalue weighted by Crippen LogP contribution is -2.34. The summed E-state index contributed by atoms with van der Waals surface area (Å²) < 4.78 is 15.6. The van der Waals surface area contributed by atoms with Crippen molar-refractivity contribution in [1.29, 1.82) is 0 Å². The number of rotatable bonds is 3. The molecule has 2 aromatic rings. The molecule has 7 heteroatoms. The highest BCUT2D eigenvalue weighted by molar-refractivity contribution is 5.72. The SMILES string of the molecule is O=C(O)C1CCCc2nn(Cc3cccc(F)c3)c(=O)n21. The van der Waals surface area contributed by atoms with Crippen molar-refractivity contribution in [3.63, 3.8) is 0 Å². The van der Waals surface area contributed by atoms with E-state index in [1.807, 2.05) is 0 Å². The van der Waals surface area contributed by atoms with Crippen molar-refractivity contribution in [2.24, 2.45) is 0 Å². The summed E-state index contributed by atoms with van der Waals surface area (Å²) in [5, 5.41) is 13.4. The third kappa shape index (κ3) is 2.46. The second-order valence-corrected chi connectivity index (χ2v) is 5.10. The number of benzene rings is 1. The molecule has 6 nitrogen and oxygen atoms in total. The summed E-state index contributed by atoms with van der Waals surface area (Å²) in [5.74, 6) is -0.925. The quantitative estimate of drug-likeness (QED) is 0.921. The third-order valence-electron chi connectivity index (χ3n) is 3.64. The Morgan fingerprint density at radius 2 is 2.29 bits per heavy atom. The molecule has 21 heavy (non-hydrogen) atoms. The van der Waals surface area contributed by atoms with E-state index < -0.39 is 17.7 Å². The van der Waals surface area contributed by atoms with Crippen molar-refractivity contribution < 1.29 is 14.3 Å². The first-order valence-electron chi connectivity index (χ1n) is 6.72. The zero-order chi connectivity index (χ0) is 15.0. The molecular formula is C14H14FN3O3. The highest BCUT2D eigenvalue weighted by Crippen LogP contribution is 2.21. The van der Waals surface area contributed by atoms with Gasteiger partial charge in [0.2, 0.25) is 0 Å². The van der Waals surface area contributed by atoms with Crippen molar-refractivity contribution in [3.8, 4) is 0 Å². The van der Waals surface area contributed by atoms with Gasteiger partial charge in [0.25, 0.3) is 0 Å². The van der Waals surface area contributed by atoms with E-state index in [0.717, 1.165) is 0 Å². The van der Waals surface area contributed by atoms with Crippen molar-refractivity contribution in [2.75, 3.05) is 0 Å². The predicted molar refractivity (Wildman–Crippen MR) is 71.6 cm³/mol. The summed E-state index contributed by atoms with van der Waals surface area (Å²) in [5.41, 5.74) is 0.154. The van der Waals surface area contributed by atoms with Gasteiger partial charge in [0.15, 0.2) is 0 Å². The lowest BCUT2D eigenvalue weighted by Gasteiger charge is -2.19. The Kier molecular flexibility index (Phi) is 3.32. The monoisotopic (exact) mass is 291 g/mol. The number of aliphatic carboxylic acids is 1. The number of carbonyl (C=O) groups is 1. The van der Waals surface area contributed by atoms with Crippen LogP contribution in [0.4, 0.5) is 4.39 Å². The van der Waals surface area contributed by atoms with Gasteiger partial charge in [0, 0.05) is 6.42 Å². The second-order valence-electron chi connectivity index (χ2n) is 5.10. The van der Waals surface area contributed by atoms with Crippen LogP contribution in [0.15, 0.2) is 29.1 Å². The number of aromatic nitrogens is 3. The van der Waals surface area contributed by atoms with Gasteiger partial charge in [-0.25, -0.2) is 18.7 Å². The van der Waals surface area contributed by atoms with E-state index in [1.54, 1.807) is 12.1 Å². The van der Waals surface area contributed by atoms with Crippen molar-refractivity contribution >= 4 is 5.97 Å². The fourth-order valence-electron chi connectivity index (χ4n) is 2.68. The maximum absolute atomic E-state index is 13.2. The average molecular weight is 291 g/mol. The molecular weight excluding hydrogens is 277 g/mol. The van der Waals surface area contributed by atoms with Crippen molar-refractivity contribution in [3.05, 3.63) is 52.0 Å². The molecule has 0 amide bonds. The van der Waals surface area contributed by atoms with E-state index in [0.29, 0.717) is 30.7 Å². The number of carboxylic acid groups (broad SMARTS) is 1. The van der Waals surface area contributed by atoms with E-state index in [9.17, 15) is 19.1 Å². The smallest absolute Gasteiger partial charge is 0.347 e. The first kappa shape index (κ1) is 13.5. The molecule has 0 spiro atoms. The predicted octanol–water partition coefficient (Wildman–Crippen LogP) is 1.19. The standard InChI is InChI=1S/C14H14FN3O3/c15-10-4-1-3-9(7-10)8-17-14(21)18-11(13(19)20)5-2-6-12(18)16-17/h1,3-4,7,11H,2,5-6,8H2,(H,19,20). The number of nitrogens with zero attached hydrogens (tertiary/aromatic N) is 3. The molecule has 1 aliphatic rings. The Hall–Kier alpha value is -2.44. The number of halogens is 1. The molecule has 0 bridgehead atoms. The van der Waals surface area contributed by atoms with Gasteiger partial charge in [-0.1, -0.05) is 12.1 Å². The summed E-state index contributed by atoms with van der Waals surface area (Å²) in [7, 11) is 0. The van der Waals surface area contributed by atoms with Crippen LogP contribution in [-0.2, 0) is 17.8 Å². The van der Waals surface area contributed by atoms with Gasteiger partial charge >= 0.3 is 11.7 Å². The van der Waals surface area contributed by atoms with Gasteiger partial charge < -0.3 is 5.11 Å². The Morgan fingerprint density at radius 3 is 3.00 bits per heavy atom. The van der Waals surface area contributed by atoms with E-state index >= 15 is 0 Å². The van der Waals surface area contributed by atoms with Crippen LogP contribution >= 0.6 is 0 Å². The zero-order valence-corrected chi connectivity index (χ0v) is 11.2. The van der Waals surface area contributed by atoms with Crippen molar-refractivity contribution in [2.45, 2.75) is 31.8 Å². The topological polar surface area (TPSA) is 77.1 Å². The normalized spacial score (nSPS) is 17.5. The lowest BCUT2D eigenvalue weighted by molar-refractivity contribution is -0.141. The van der Waals surface area contributed by atoms with Gasteiger partial charge in [-0.15, -0.1) is 0 Å². The second kappa shape index (κ2) is 5.16. The van der Waals surface area contributed by atoms with Crippen LogP contribution in [0.1, 0.15) is 30.3 Å². The summed E-state index contributed by atoms with van der Waals surface area (Å²) in [6.07, 6.45) is 1.69. The third-order valence-corrected chi connectivity index (χ3v) is 3.64. The Morgan fingerprint density at radius 1 is 1.48 bits per heavy atom. The summed E-state index contributed by atoms with van der Waals surface area (Å²) in [4.78, 5) is 23.6. The molecule has 0 fully saturated rings. The fourth-order valence-corrected chi connectivity index (χ4v) is 2.68. The van der Waals surface area contributed by atoms with Crippen LogP contribution < -0.4 is 5.69 Å². The number of aryl methyl sites for hydroxylation is 1. The van der Waals surface area contributed by atoms with Crippen molar-refractivity contribution in [1.82, 2.24) is 14.3 Å². The molecule has 0 radical (unpaired) electrons. The Bertz CT molecular complexity index is 750. The van der Waals surface area contributed by atoms with E-state index in [2.05, 4.69) is 5.10 Å². The molecule has 0 saturated heterocycles. The summed E-state index contributed by atoms with van der Waals surface area (Å²) in [6, 6.07) is 5.06. The number of carboxylic acids is 1. The average Bonchev–Trinajstić information content (AvgIpc) is 2.75. The van der Waals surface area contributed by atoms with Gasteiger partial charge in [0.05, 0.1) is 6.54 Å². The first-order valence-corrected chi connectivity index (χ1v) is 6.72. The van der Waals surface area contributed by atoms with Crippen LogP contribution in [0.3, 0.4) is 0 Å². The molecule has 110 valence electrons. The summed E-state index contributed by atoms with van der Waals surface area (Å²) >= 11 is 0. The van der Waals surface area contributed by atoms with E-state index in [-0.39, 0.29) is 12.4 Å². The van der Waals surface area contributed by atoms with Crippen LogP contribution in [0, 0.1) is 5.82 Å². The van der Waals surface area contributed by atoms with Gasteiger partial charge in [0.1, 0.15) is 17.7 Å². The van der Waals surface area contributed by atoms with Crippen LogP contribution in [0.2, 0.25) is 0 Å². The molecule has 1 aromatic heterocycles. The van der Waals surface area contributed by atoms with Crippen LogP contribution in [-0.4, -0.2) is 25.4 Å². The van der Waals surface area contributed by atoms with Gasteiger partial charge in [-0.05, 0) is 30.5 Å². The summed E-state index contributed by atoms with van der Waals surface area (Å²) in [6.45, 7) is 0.128. The molecule has 1 aromatic carbocycles. The van der Waals surface area contributed by atoms with E-state index in [1.165, 1.54) is 21.4 Å². The zero-order valence-electron chi connectivity index (χ0n) is 11.2.